The Balaban J connectivity index is 1.28. The van der Waals surface area contributed by atoms with Gasteiger partial charge in [0.25, 0.3) is 0 Å². The van der Waals surface area contributed by atoms with Gasteiger partial charge in [0.2, 0.25) is 0 Å². The zero-order valence-corrected chi connectivity index (χ0v) is 25.5. The van der Waals surface area contributed by atoms with E-state index in [-0.39, 0.29) is 0 Å². The van der Waals surface area contributed by atoms with Crippen molar-refractivity contribution in [3.8, 4) is 0 Å². The van der Waals surface area contributed by atoms with Crippen molar-refractivity contribution in [2.75, 3.05) is 6.61 Å². The van der Waals surface area contributed by atoms with Gasteiger partial charge in [0, 0.05) is 6.61 Å². The maximum atomic E-state index is 6.49. The molecule has 4 aliphatic carbocycles. The van der Waals surface area contributed by atoms with Crippen LogP contribution in [0.15, 0.2) is 0 Å². The molecule has 0 saturated heterocycles. The highest BCUT2D eigenvalue weighted by atomic mass is 16.5. The first-order valence-corrected chi connectivity index (χ1v) is 16.9. The first-order chi connectivity index (χ1) is 17.3. The van der Waals surface area contributed by atoms with Gasteiger partial charge in [-0.2, -0.15) is 0 Å². The Bertz CT molecular complexity index is 655. The van der Waals surface area contributed by atoms with E-state index in [1.807, 2.05) is 0 Å². The Kier molecular flexibility index (Phi) is 10.4. The highest BCUT2D eigenvalue weighted by Crippen LogP contribution is 2.68. The maximum absolute atomic E-state index is 6.49. The van der Waals surface area contributed by atoms with Crippen molar-refractivity contribution in [2.45, 2.75) is 163 Å². The molecule has 1 heteroatoms. The zero-order valence-electron chi connectivity index (χ0n) is 25.5. The SMILES string of the molecule is CCCCCCCCO[C@H]1CC[C@@]2(C)C(CC[C@H]3[C@@H]4CC[C@H](C(C)CCCC(C)C)[C@@]4(C)CC[C@@H]32)C1. The summed E-state index contributed by atoms with van der Waals surface area (Å²) >= 11 is 0. The van der Waals surface area contributed by atoms with Gasteiger partial charge >= 0.3 is 0 Å². The molecule has 1 nitrogen and oxygen atoms in total. The Hall–Kier alpha value is -0.0400. The maximum Gasteiger partial charge on any atom is 0.0578 e. The summed E-state index contributed by atoms with van der Waals surface area (Å²) in [6, 6.07) is 0. The fourth-order valence-corrected chi connectivity index (χ4v) is 10.5. The van der Waals surface area contributed by atoms with Gasteiger partial charge in [-0.3, -0.25) is 0 Å². The van der Waals surface area contributed by atoms with E-state index in [0.717, 1.165) is 48.0 Å². The fraction of sp³-hybridized carbons (Fsp3) is 1.00. The summed E-state index contributed by atoms with van der Waals surface area (Å²) in [6.45, 7) is 16.2. The molecule has 4 aliphatic rings. The van der Waals surface area contributed by atoms with E-state index in [2.05, 4.69) is 41.5 Å². The lowest BCUT2D eigenvalue weighted by molar-refractivity contribution is -0.136. The third kappa shape index (κ3) is 6.23. The van der Waals surface area contributed by atoms with Crippen LogP contribution in [0.4, 0.5) is 0 Å². The number of hydrogen-bond donors (Lipinski definition) is 0. The summed E-state index contributed by atoms with van der Waals surface area (Å²) in [5.74, 6) is 6.77. The molecule has 0 aromatic carbocycles. The van der Waals surface area contributed by atoms with Gasteiger partial charge < -0.3 is 4.74 Å². The van der Waals surface area contributed by atoms with Crippen molar-refractivity contribution in [1.29, 1.82) is 0 Å². The van der Waals surface area contributed by atoms with E-state index in [9.17, 15) is 0 Å². The molecule has 0 bridgehead atoms. The second-order valence-electron chi connectivity index (χ2n) is 15.2. The van der Waals surface area contributed by atoms with E-state index in [1.54, 1.807) is 6.42 Å². The van der Waals surface area contributed by atoms with Gasteiger partial charge in [-0.05, 0) is 116 Å². The molecule has 2 unspecified atom stereocenters. The predicted molar refractivity (Wildman–Crippen MR) is 156 cm³/mol. The van der Waals surface area contributed by atoms with Crippen LogP contribution >= 0.6 is 0 Å². The molecule has 4 fully saturated rings. The monoisotopic (exact) mass is 500 g/mol. The molecule has 4 rings (SSSR count). The summed E-state index contributed by atoms with van der Waals surface area (Å²) in [4.78, 5) is 0. The summed E-state index contributed by atoms with van der Waals surface area (Å²) in [6.07, 6.45) is 26.4. The first kappa shape index (κ1) is 29.0. The number of rotatable bonds is 13. The van der Waals surface area contributed by atoms with Gasteiger partial charge in [0.05, 0.1) is 6.10 Å². The molecule has 0 radical (unpaired) electrons. The van der Waals surface area contributed by atoms with Crippen molar-refractivity contribution in [3.05, 3.63) is 0 Å². The van der Waals surface area contributed by atoms with Crippen LogP contribution in [0.25, 0.3) is 0 Å². The fourth-order valence-electron chi connectivity index (χ4n) is 10.5. The van der Waals surface area contributed by atoms with E-state index in [0.29, 0.717) is 16.9 Å². The lowest BCUT2D eigenvalue weighted by atomic mass is 9.44. The Morgan fingerprint density at radius 2 is 1.44 bits per heavy atom. The van der Waals surface area contributed by atoms with Crippen molar-refractivity contribution in [2.24, 2.45) is 52.3 Å². The Morgan fingerprint density at radius 1 is 0.722 bits per heavy atom. The molecule has 4 saturated carbocycles. The predicted octanol–water partition coefficient (Wildman–Crippen LogP) is 10.9. The molecule has 36 heavy (non-hydrogen) atoms. The molecule has 0 aliphatic heterocycles. The summed E-state index contributed by atoms with van der Waals surface area (Å²) < 4.78 is 6.49. The lowest BCUT2D eigenvalue weighted by Gasteiger charge is -2.61. The molecule has 0 spiro atoms. The van der Waals surface area contributed by atoms with Gasteiger partial charge in [0.1, 0.15) is 0 Å². The molecule has 0 N–H and O–H groups in total. The van der Waals surface area contributed by atoms with Crippen LogP contribution in [0, 0.1) is 52.3 Å². The topological polar surface area (TPSA) is 9.23 Å². The third-order valence-electron chi connectivity index (χ3n) is 12.7. The molecule has 0 aromatic rings. The third-order valence-corrected chi connectivity index (χ3v) is 12.7. The van der Waals surface area contributed by atoms with Gasteiger partial charge in [-0.25, -0.2) is 0 Å². The normalized spacial score (nSPS) is 41.1. The van der Waals surface area contributed by atoms with E-state index >= 15 is 0 Å². The minimum absolute atomic E-state index is 0.562. The Labute approximate surface area is 226 Å². The van der Waals surface area contributed by atoms with Crippen molar-refractivity contribution < 1.29 is 4.74 Å². The molecule has 0 aromatic heterocycles. The van der Waals surface area contributed by atoms with Gasteiger partial charge in [-0.15, -0.1) is 0 Å². The minimum Gasteiger partial charge on any atom is -0.378 e. The largest absolute Gasteiger partial charge is 0.378 e. The summed E-state index contributed by atoms with van der Waals surface area (Å²) in [7, 11) is 0. The van der Waals surface area contributed by atoms with E-state index in [1.165, 1.54) is 109 Å². The van der Waals surface area contributed by atoms with Crippen LogP contribution in [0.2, 0.25) is 0 Å². The minimum atomic E-state index is 0.562. The second kappa shape index (κ2) is 12.9. The van der Waals surface area contributed by atoms with Crippen LogP contribution in [0.1, 0.15) is 157 Å². The average Bonchev–Trinajstić information content (AvgIpc) is 3.20. The number of hydrogen-bond acceptors (Lipinski definition) is 1. The average molecular weight is 501 g/mol. The van der Waals surface area contributed by atoms with Crippen LogP contribution in [0.5, 0.6) is 0 Å². The second-order valence-corrected chi connectivity index (χ2v) is 15.2. The highest BCUT2D eigenvalue weighted by Gasteiger charge is 2.60. The van der Waals surface area contributed by atoms with Crippen LogP contribution in [-0.2, 0) is 4.74 Å². The molecule has 9 atom stereocenters. The van der Waals surface area contributed by atoms with Gasteiger partial charge in [-0.1, -0.05) is 92.9 Å². The van der Waals surface area contributed by atoms with Crippen molar-refractivity contribution in [3.63, 3.8) is 0 Å². The number of unbranched alkanes of at least 4 members (excludes halogenated alkanes) is 5. The summed E-state index contributed by atoms with van der Waals surface area (Å²) in [5.41, 5.74) is 1.24. The van der Waals surface area contributed by atoms with Gasteiger partial charge in [0.15, 0.2) is 0 Å². The van der Waals surface area contributed by atoms with Crippen LogP contribution in [0.3, 0.4) is 0 Å². The van der Waals surface area contributed by atoms with Crippen LogP contribution in [-0.4, -0.2) is 12.7 Å². The van der Waals surface area contributed by atoms with Crippen molar-refractivity contribution >= 4 is 0 Å². The van der Waals surface area contributed by atoms with Crippen LogP contribution < -0.4 is 0 Å². The molecular weight excluding hydrogens is 436 g/mol. The lowest BCUT2D eigenvalue weighted by Crippen LogP contribution is -2.54. The standard InChI is InChI=1S/C35H64O/c1-7-8-9-10-11-12-24-36-29-20-22-34(5)28(25-29)16-17-30-32-19-18-31(27(4)15-13-14-26(2)3)35(32,6)23-21-33(30)34/h26-33H,7-25H2,1-6H3/t27?,28?,29-,30-,31+,32-,33-,34-,35+/m0/s1. The highest BCUT2D eigenvalue weighted by molar-refractivity contribution is 5.09. The molecule has 210 valence electrons. The number of fused-ring (bicyclic) bond motifs is 5. The van der Waals surface area contributed by atoms with E-state index in [4.69, 9.17) is 4.74 Å². The van der Waals surface area contributed by atoms with E-state index < -0.39 is 0 Å². The molecule has 0 amide bonds. The zero-order chi connectivity index (χ0) is 25.8. The number of ether oxygens (including phenoxy) is 1. The molecule has 0 heterocycles. The van der Waals surface area contributed by atoms with Crippen molar-refractivity contribution in [1.82, 2.24) is 0 Å². The quantitative estimate of drug-likeness (QED) is 0.228. The molecular formula is C35H64O. The first-order valence-electron chi connectivity index (χ1n) is 16.9. The smallest absolute Gasteiger partial charge is 0.0578 e. The Morgan fingerprint density at radius 3 is 2.22 bits per heavy atom. The summed E-state index contributed by atoms with van der Waals surface area (Å²) in [5, 5.41) is 0.